The molecule has 0 aliphatic carbocycles. The number of hydrogen-bond donors (Lipinski definition) is 1. The van der Waals surface area contributed by atoms with Gasteiger partial charge in [-0.05, 0) is 6.07 Å². The molecule has 2 rings (SSSR count). The first-order valence-corrected chi connectivity index (χ1v) is 4.77. The molecule has 4 heteroatoms. The first kappa shape index (κ1) is 9.71. The molecule has 1 aromatic rings. The second-order valence-electron chi connectivity index (χ2n) is 3.32. The Kier molecular flexibility index (Phi) is 2.67. The van der Waals surface area contributed by atoms with Gasteiger partial charge in [-0.2, -0.15) is 5.10 Å². The number of hydrogen-bond acceptors (Lipinski definition) is 3. The van der Waals surface area contributed by atoms with Crippen LogP contribution in [0.1, 0.15) is 17.9 Å². The average Bonchev–Trinajstić information content (AvgIpc) is 2.30. The Morgan fingerprint density at radius 1 is 1.47 bits per heavy atom. The molecule has 0 spiro atoms. The SMILES string of the molecule is COc1ccccc1C1CC=NNC1=O. The van der Waals surface area contributed by atoms with Gasteiger partial charge in [0.15, 0.2) is 0 Å². The van der Waals surface area contributed by atoms with E-state index >= 15 is 0 Å². The molecule has 1 aliphatic heterocycles. The molecule has 1 unspecified atom stereocenters. The van der Waals surface area contributed by atoms with Crippen LogP contribution in [0.3, 0.4) is 0 Å². The molecule has 15 heavy (non-hydrogen) atoms. The fraction of sp³-hybridized carbons (Fsp3) is 0.273. The van der Waals surface area contributed by atoms with Crippen LogP contribution in [-0.2, 0) is 4.79 Å². The number of nitrogens with one attached hydrogen (secondary N) is 1. The predicted molar refractivity (Wildman–Crippen MR) is 57.0 cm³/mol. The molecular formula is C11H12N2O2. The highest BCUT2D eigenvalue weighted by molar-refractivity contribution is 5.89. The molecule has 1 amide bonds. The minimum absolute atomic E-state index is 0.0815. The number of methoxy groups -OCH3 is 1. The lowest BCUT2D eigenvalue weighted by molar-refractivity contribution is -0.122. The third kappa shape index (κ3) is 1.83. The smallest absolute Gasteiger partial charge is 0.248 e. The lowest BCUT2D eigenvalue weighted by Gasteiger charge is -2.19. The van der Waals surface area contributed by atoms with E-state index in [0.717, 1.165) is 11.3 Å². The Morgan fingerprint density at radius 3 is 3.00 bits per heavy atom. The van der Waals surface area contributed by atoms with Crippen molar-refractivity contribution < 1.29 is 9.53 Å². The van der Waals surface area contributed by atoms with Gasteiger partial charge in [-0.3, -0.25) is 4.79 Å². The van der Waals surface area contributed by atoms with E-state index in [1.165, 1.54) is 0 Å². The van der Waals surface area contributed by atoms with Crippen LogP contribution in [0.5, 0.6) is 5.75 Å². The normalized spacial score (nSPS) is 19.8. The van der Waals surface area contributed by atoms with Crippen LogP contribution in [0.2, 0.25) is 0 Å². The maximum absolute atomic E-state index is 11.6. The Balaban J connectivity index is 2.35. The molecule has 0 bridgehead atoms. The largest absolute Gasteiger partial charge is 0.496 e. The second kappa shape index (κ2) is 4.13. The van der Waals surface area contributed by atoms with Gasteiger partial charge in [-0.1, -0.05) is 18.2 Å². The highest BCUT2D eigenvalue weighted by Crippen LogP contribution is 2.29. The van der Waals surface area contributed by atoms with Gasteiger partial charge < -0.3 is 4.74 Å². The van der Waals surface area contributed by atoms with Gasteiger partial charge in [-0.25, -0.2) is 5.43 Å². The molecule has 1 atom stereocenters. The van der Waals surface area contributed by atoms with Gasteiger partial charge >= 0.3 is 0 Å². The fourth-order valence-corrected chi connectivity index (χ4v) is 1.67. The van der Waals surface area contributed by atoms with Crippen LogP contribution >= 0.6 is 0 Å². The van der Waals surface area contributed by atoms with Crippen LogP contribution in [0.15, 0.2) is 29.4 Å². The van der Waals surface area contributed by atoms with E-state index < -0.39 is 0 Å². The van der Waals surface area contributed by atoms with Crippen molar-refractivity contribution in [1.29, 1.82) is 0 Å². The lowest BCUT2D eigenvalue weighted by Crippen LogP contribution is -2.29. The molecule has 0 aromatic heterocycles. The van der Waals surface area contributed by atoms with Crippen molar-refractivity contribution in [2.45, 2.75) is 12.3 Å². The van der Waals surface area contributed by atoms with Crippen molar-refractivity contribution in [3.8, 4) is 5.75 Å². The molecule has 1 heterocycles. The van der Waals surface area contributed by atoms with Crippen molar-refractivity contribution in [2.24, 2.45) is 5.10 Å². The molecule has 1 N–H and O–H groups in total. The standard InChI is InChI=1S/C11H12N2O2/c1-15-10-5-3-2-4-8(10)9-6-7-12-13-11(9)14/h2-5,7,9H,6H2,1H3,(H,13,14). The second-order valence-corrected chi connectivity index (χ2v) is 3.32. The summed E-state index contributed by atoms with van der Waals surface area (Å²) in [5.41, 5.74) is 3.36. The number of carbonyl (C=O) groups excluding carboxylic acids is 1. The zero-order chi connectivity index (χ0) is 10.7. The quantitative estimate of drug-likeness (QED) is 0.789. The molecule has 0 fully saturated rings. The summed E-state index contributed by atoms with van der Waals surface area (Å²) in [5.74, 6) is 0.466. The van der Waals surface area contributed by atoms with E-state index in [2.05, 4.69) is 10.5 Å². The molecule has 1 aromatic carbocycles. The summed E-state index contributed by atoms with van der Waals surface area (Å²) in [7, 11) is 1.60. The van der Waals surface area contributed by atoms with Gasteiger partial charge in [0.1, 0.15) is 5.75 Å². The number of carbonyl (C=O) groups is 1. The van der Waals surface area contributed by atoms with Gasteiger partial charge in [0, 0.05) is 18.2 Å². The van der Waals surface area contributed by atoms with Crippen molar-refractivity contribution in [2.75, 3.05) is 7.11 Å². The highest BCUT2D eigenvalue weighted by atomic mass is 16.5. The third-order valence-electron chi connectivity index (χ3n) is 2.44. The van der Waals surface area contributed by atoms with E-state index in [-0.39, 0.29) is 11.8 Å². The zero-order valence-corrected chi connectivity index (χ0v) is 8.43. The highest BCUT2D eigenvalue weighted by Gasteiger charge is 2.24. The molecule has 0 saturated carbocycles. The Hall–Kier alpha value is -1.84. The van der Waals surface area contributed by atoms with Crippen LogP contribution < -0.4 is 10.2 Å². The van der Waals surface area contributed by atoms with Gasteiger partial charge in [0.05, 0.1) is 13.0 Å². The van der Waals surface area contributed by atoms with Gasteiger partial charge in [-0.15, -0.1) is 0 Å². The molecular weight excluding hydrogens is 192 g/mol. The zero-order valence-electron chi connectivity index (χ0n) is 8.43. The molecule has 1 aliphatic rings. The van der Waals surface area contributed by atoms with E-state index in [1.807, 2.05) is 24.3 Å². The number of hydrazone groups is 1. The van der Waals surface area contributed by atoms with Crippen LogP contribution in [0.4, 0.5) is 0 Å². The van der Waals surface area contributed by atoms with E-state index in [4.69, 9.17) is 4.74 Å². The summed E-state index contributed by atoms with van der Waals surface area (Å²) < 4.78 is 5.22. The van der Waals surface area contributed by atoms with Crippen molar-refractivity contribution in [3.63, 3.8) is 0 Å². The monoisotopic (exact) mass is 204 g/mol. The summed E-state index contributed by atoms with van der Waals surface area (Å²) >= 11 is 0. The average molecular weight is 204 g/mol. The Labute approximate surface area is 87.9 Å². The van der Waals surface area contributed by atoms with E-state index in [1.54, 1.807) is 13.3 Å². The summed E-state index contributed by atoms with van der Waals surface area (Å²) in [6.45, 7) is 0. The van der Waals surface area contributed by atoms with Crippen molar-refractivity contribution >= 4 is 12.1 Å². The lowest BCUT2D eigenvalue weighted by atomic mass is 9.94. The Morgan fingerprint density at radius 2 is 2.27 bits per heavy atom. The fourth-order valence-electron chi connectivity index (χ4n) is 1.67. The van der Waals surface area contributed by atoms with Crippen molar-refractivity contribution in [3.05, 3.63) is 29.8 Å². The van der Waals surface area contributed by atoms with E-state index in [9.17, 15) is 4.79 Å². The maximum Gasteiger partial charge on any atom is 0.248 e. The van der Waals surface area contributed by atoms with Crippen molar-refractivity contribution in [1.82, 2.24) is 5.43 Å². The molecule has 0 radical (unpaired) electrons. The number of para-hydroxylation sites is 1. The summed E-state index contributed by atoms with van der Waals surface area (Å²) in [6, 6.07) is 7.55. The van der Waals surface area contributed by atoms with Gasteiger partial charge in [0.25, 0.3) is 0 Å². The minimum Gasteiger partial charge on any atom is -0.496 e. The summed E-state index contributed by atoms with van der Waals surface area (Å²) in [4.78, 5) is 11.6. The van der Waals surface area contributed by atoms with E-state index in [0.29, 0.717) is 6.42 Å². The van der Waals surface area contributed by atoms with Crippen LogP contribution in [0, 0.1) is 0 Å². The predicted octanol–water partition coefficient (Wildman–Crippen LogP) is 1.28. The first-order chi connectivity index (χ1) is 7.33. The molecule has 0 saturated heterocycles. The topological polar surface area (TPSA) is 50.7 Å². The number of rotatable bonds is 2. The third-order valence-corrected chi connectivity index (χ3v) is 2.44. The molecule has 78 valence electrons. The minimum atomic E-state index is -0.196. The van der Waals surface area contributed by atoms with Crippen LogP contribution in [0.25, 0.3) is 0 Å². The van der Waals surface area contributed by atoms with Gasteiger partial charge in [0.2, 0.25) is 5.91 Å². The molecule has 4 nitrogen and oxygen atoms in total. The number of amides is 1. The number of nitrogens with zero attached hydrogens (tertiary/aromatic N) is 1. The maximum atomic E-state index is 11.6. The number of benzene rings is 1. The van der Waals surface area contributed by atoms with Crippen LogP contribution in [-0.4, -0.2) is 19.2 Å². The summed E-state index contributed by atoms with van der Waals surface area (Å²) in [5, 5.41) is 3.72. The Bertz CT molecular complexity index is 401. The summed E-state index contributed by atoms with van der Waals surface area (Å²) in [6.07, 6.45) is 2.32. The number of ether oxygens (including phenoxy) is 1. The first-order valence-electron chi connectivity index (χ1n) is 4.77.